The Bertz CT molecular complexity index is 162. The summed E-state index contributed by atoms with van der Waals surface area (Å²) in [5.74, 6) is 0. The molecule has 1 atom stereocenters. The Morgan fingerprint density at radius 3 is 2.60 bits per heavy atom. The lowest BCUT2D eigenvalue weighted by atomic mass is 9.89. The van der Waals surface area contributed by atoms with Gasteiger partial charge >= 0.3 is 0 Å². The Hall–Kier alpha value is -0.0800. The Morgan fingerprint density at radius 2 is 2.00 bits per heavy atom. The molecule has 1 aliphatic carbocycles. The lowest BCUT2D eigenvalue weighted by Gasteiger charge is -2.24. The number of rotatable bonds is 7. The molecule has 1 rings (SSSR count). The van der Waals surface area contributed by atoms with Crippen LogP contribution in [0.2, 0.25) is 0 Å². The molecule has 0 aromatic rings. The van der Waals surface area contributed by atoms with E-state index in [0.717, 1.165) is 13.1 Å². The Labute approximate surface area is 95.0 Å². The van der Waals surface area contributed by atoms with E-state index < -0.39 is 0 Å². The van der Waals surface area contributed by atoms with E-state index in [0.29, 0.717) is 11.5 Å². The summed E-state index contributed by atoms with van der Waals surface area (Å²) in [5.41, 5.74) is 6.59. The third kappa shape index (κ3) is 4.98. The molecule has 0 spiro atoms. The highest BCUT2D eigenvalue weighted by Crippen LogP contribution is 2.36. The molecule has 90 valence electrons. The summed E-state index contributed by atoms with van der Waals surface area (Å²) in [4.78, 5) is 0. The summed E-state index contributed by atoms with van der Waals surface area (Å²) in [6.07, 6.45) is 9.31. The zero-order valence-electron chi connectivity index (χ0n) is 10.5. The average Bonchev–Trinajstić information content (AvgIpc) is 2.62. The first-order chi connectivity index (χ1) is 7.16. The molecule has 1 fully saturated rings. The summed E-state index contributed by atoms with van der Waals surface area (Å²) >= 11 is 0. The van der Waals surface area contributed by atoms with Crippen LogP contribution in [0.5, 0.6) is 0 Å². The van der Waals surface area contributed by atoms with Crippen LogP contribution in [-0.2, 0) is 0 Å². The minimum absolute atomic E-state index is 0.356. The first-order valence-electron chi connectivity index (χ1n) is 6.62. The van der Waals surface area contributed by atoms with Gasteiger partial charge in [-0.1, -0.05) is 39.5 Å². The van der Waals surface area contributed by atoms with Crippen LogP contribution >= 0.6 is 0 Å². The van der Waals surface area contributed by atoms with E-state index in [2.05, 4.69) is 19.2 Å². The van der Waals surface area contributed by atoms with Gasteiger partial charge in [0.25, 0.3) is 0 Å². The fraction of sp³-hybridized carbons (Fsp3) is 1.00. The summed E-state index contributed by atoms with van der Waals surface area (Å²) in [7, 11) is 0. The van der Waals surface area contributed by atoms with Crippen molar-refractivity contribution in [1.82, 2.24) is 5.32 Å². The van der Waals surface area contributed by atoms with Gasteiger partial charge in [-0.05, 0) is 24.7 Å². The summed E-state index contributed by atoms with van der Waals surface area (Å²) in [6, 6.07) is 0.356. The van der Waals surface area contributed by atoms with Crippen molar-refractivity contribution >= 4 is 0 Å². The van der Waals surface area contributed by atoms with Crippen molar-refractivity contribution in [1.29, 1.82) is 0 Å². The van der Waals surface area contributed by atoms with Gasteiger partial charge < -0.3 is 11.1 Å². The van der Waals surface area contributed by atoms with E-state index in [4.69, 9.17) is 5.73 Å². The van der Waals surface area contributed by atoms with Crippen molar-refractivity contribution in [3.8, 4) is 0 Å². The maximum Gasteiger partial charge on any atom is 0.0165 e. The van der Waals surface area contributed by atoms with Crippen LogP contribution in [0.1, 0.15) is 58.8 Å². The first-order valence-corrected chi connectivity index (χ1v) is 6.62. The minimum Gasteiger partial charge on any atom is -0.327 e. The SMILES string of the molecule is CCCCC(N)CNCC1(C)CCCC1. The van der Waals surface area contributed by atoms with Gasteiger partial charge in [-0.2, -0.15) is 0 Å². The topological polar surface area (TPSA) is 38.0 Å². The molecule has 2 heteroatoms. The molecule has 0 aromatic carbocycles. The van der Waals surface area contributed by atoms with Gasteiger partial charge in [-0.3, -0.25) is 0 Å². The zero-order valence-corrected chi connectivity index (χ0v) is 10.5. The molecule has 0 radical (unpaired) electrons. The predicted octanol–water partition coefficient (Wildman–Crippen LogP) is 2.67. The van der Waals surface area contributed by atoms with E-state index >= 15 is 0 Å². The van der Waals surface area contributed by atoms with Crippen LogP contribution < -0.4 is 11.1 Å². The molecule has 0 heterocycles. The molecule has 0 bridgehead atoms. The molecule has 0 aromatic heterocycles. The van der Waals surface area contributed by atoms with Gasteiger partial charge in [0.2, 0.25) is 0 Å². The van der Waals surface area contributed by atoms with E-state index in [1.54, 1.807) is 0 Å². The first kappa shape index (κ1) is 13.0. The molecule has 3 N–H and O–H groups in total. The second-order valence-corrected chi connectivity index (χ2v) is 5.55. The molecule has 1 aliphatic rings. The highest BCUT2D eigenvalue weighted by molar-refractivity contribution is 4.82. The number of unbranched alkanes of at least 4 members (excludes halogenated alkanes) is 1. The molecule has 1 unspecified atom stereocenters. The number of hydrogen-bond donors (Lipinski definition) is 2. The van der Waals surface area contributed by atoms with Crippen LogP contribution in [-0.4, -0.2) is 19.1 Å². The van der Waals surface area contributed by atoms with E-state index in [1.807, 2.05) is 0 Å². The van der Waals surface area contributed by atoms with Crippen molar-refractivity contribution in [2.24, 2.45) is 11.1 Å². The van der Waals surface area contributed by atoms with Gasteiger partial charge in [0.1, 0.15) is 0 Å². The Morgan fingerprint density at radius 1 is 1.33 bits per heavy atom. The number of nitrogens with two attached hydrogens (primary N) is 1. The standard InChI is InChI=1S/C13H28N2/c1-3-4-7-12(14)10-15-11-13(2)8-5-6-9-13/h12,15H,3-11,14H2,1-2H3. The molecule has 15 heavy (non-hydrogen) atoms. The van der Waals surface area contributed by atoms with Gasteiger partial charge in [0.05, 0.1) is 0 Å². The van der Waals surface area contributed by atoms with Crippen LogP contribution in [0.3, 0.4) is 0 Å². The third-order valence-electron chi connectivity index (χ3n) is 3.70. The van der Waals surface area contributed by atoms with E-state index in [1.165, 1.54) is 44.9 Å². The van der Waals surface area contributed by atoms with Gasteiger partial charge in [-0.15, -0.1) is 0 Å². The molecule has 0 amide bonds. The Kier molecular flexibility index (Phi) is 5.62. The summed E-state index contributed by atoms with van der Waals surface area (Å²) in [6.45, 7) is 6.78. The van der Waals surface area contributed by atoms with E-state index in [9.17, 15) is 0 Å². The van der Waals surface area contributed by atoms with E-state index in [-0.39, 0.29) is 0 Å². The van der Waals surface area contributed by atoms with Crippen molar-refractivity contribution in [2.45, 2.75) is 64.8 Å². The van der Waals surface area contributed by atoms with Crippen molar-refractivity contribution in [2.75, 3.05) is 13.1 Å². The average molecular weight is 212 g/mol. The normalized spacial score (nSPS) is 21.8. The zero-order chi connectivity index (χ0) is 11.1. The molecule has 1 saturated carbocycles. The Balaban J connectivity index is 2.04. The van der Waals surface area contributed by atoms with Crippen LogP contribution in [0.4, 0.5) is 0 Å². The van der Waals surface area contributed by atoms with Crippen LogP contribution in [0.15, 0.2) is 0 Å². The summed E-state index contributed by atoms with van der Waals surface area (Å²) < 4.78 is 0. The maximum atomic E-state index is 6.03. The summed E-state index contributed by atoms with van der Waals surface area (Å²) in [5, 5.41) is 3.55. The highest BCUT2D eigenvalue weighted by atomic mass is 14.9. The minimum atomic E-state index is 0.356. The highest BCUT2D eigenvalue weighted by Gasteiger charge is 2.27. The fourth-order valence-corrected chi connectivity index (χ4v) is 2.53. The lowest BCUT2D eigenvalue weighted by molar-refractivity contribution is 0.310. The second kappa shape index (κ2) is 6.49. The second-order valence-electron chi connectivity index (χ2n) is 5.55. The van der Waals surface area contributed by atoms with Crippen molar-refractivity contribution < 1.29 is 0 Å². The van der Waals surface area contributed by atoms with Gasteiger partial charge in [0.15, 0.2) is 0 Å². The van der Waals surface area contributed by atoms with Crippen molar-refractivity contribution in [3.05, 3.63) is 0 Å². The molecule has 0 aliphatic heterocycles. The predicted molar refractivity (Wildman–Crippen MR) is 66.9 cm³/mol. The molecule has 2 nitrogen and oxygen atoms in total. The number of hydrogen-bond acceptors (Lipinski definition) is 2. The van der Waals surface area contributed by atoms with Gasteiger partial charge in [-0.25, -0.2) is 0 Å². The number of nitrogens with one attached hydrogen (secondary N) is 1. The quantitative estimate of drug-likeness (QED) is 0.681. The molecular weight excluding hydrogens is 184 g/mol. The fourth-order valence-electron chi connectivity index (χ4n) is 2.53. The lowest BCUT2D eigenvalue weighted by Crippen LogP contribution is -2.38. The molecule has 0 saturated heterocycles. The third-order valence-corrected chi connectivity index (χ3v) is 3.70. The monoisotopic (exact) mass is 212 g/mol. The van der Waals surface area contributed by atoms with Crippen molar-refractivity contribution in [3.63, 3.8) is 0 Å². The van der Waals surface area contributed by atoms with Gasteiger partial charge in [0, 0.05) is 19.1 Å². The maximum absolute atomic E-state index is 6.03. The largest absolute Gasteiger partial charge is 0.327 e. The molecular formula is C13H28N2. The van der Waals surface area contributed by atoms with Crippen LogP contribution in [0, 0.1) is 5.41 Å². The smallest absolute Gasteiger partial charge is 0.0165 e. The van der Waals surface area contributed by atoms with Crippen LogP contribution in [0.25, 0.3) is 0 Å².